The summed E-state index contributed by atoms with van der Waals surface area (Å²) in [7, 11) is 0. The molecule has 162 valence electrons. The number of nitrogens with one attached hydrogen (secondary N) is 1. The fourth-order valence-electron chi connectivity index (χ4n) is 2.96. The molecule has 0 spiro atoms. The molecule has 1 N–H and O–H groups in total. The van der Waals surface area contributed by atoms with Crippen molar-refractivity contribution >= 4 is 46.4 Å². The summed E-state index contributed by atoms with van der Waals surface area (Å²) in [5, 5.41) is 8.08. The van der Waals surface area contributed by atoms with E-state index in [1.807, 2.05) is 36.4 Å². The summed E-state index contributed by atoms with van der Waals surface area (Å²) >= 11 is 17.8. The van der Waals surface area contributed by atoms with Crippen molar-refractivity contribution in [3.8, 4) is 23.1 Å². The Bertz CT molecular complexity index is 1230. The molecule has 0 aliphatic carbocycles. The fourth-order valence-corrected chi connectivity index (χ4v) is 3.32. The molecule has 0 saturated heterocycles. The molecule has 1 heterocycles. The van der Waals surface area contributed by atoms with Crippen LogP contribution < -0.4 is 10.1 Å². The molecule has 0 atom stereocenters. The van der Waals surface area contributed by atoms with Crippen molar-refractivity contribution in [1.82, 2.24) is 14.8 Å². The van der Waals surface area contributed by atoms with E-state index >= 15 is 0 Å². The van der Waals surface area contributed by atoms with Crippen LogP contribution in [0.25, 0.3) is 17.1 Å². The first kappa shape index (κ1) is 22.1. The summed E-state index contributed by atoms with van der Waals surface area (Å²) in [6.45, 7) is 0.328. The van der Waals surface area contributed by atoms with Gasteiger partial charge in [0, 0.05) is 11.3 Å². The van der Waals surface area contributed by atoms with E-state index in [9.17, 15) is 4.79 Å². The fraction of sp³-hybridized carbons (Fsp3) is 0.0870. The highest BCUT2D eigenvalue weighted by Crippen LogP contribution is 2.30. The minimum Gasteiger partial charge on any atom is -0.457 e. The lowest BCUT2D eigenvalue weighted by Gasteiger charge is -2.08. The second-order valence-electron chi connectivity index (χ2n) is 6.76. The lowest BCUT2D eigenvalue weighted by Crippen LogP contribution is -2.12. The third-order valence-corrected chi connectivity index (χ3v) is 5.48. The van der Waals surface area contributed by atoms with E-state index in [-0.39, 0.29) is 17.8 Å². The van der Waals surface area contributed by atoms with Crippen molar-refractivity contribution in [2.24, 2.45) is 0 Å². The number of hydrogen-bond acceptors (Lipinski definition) is 4. The Kier molecular flexibility index (Phi) is 6.95. The highest BCUT2D eigenvalue weighted by Gasteiger charge is 2.16. The maximum Gasteiger partial charge on any atom is 0.336 e. The van der Waals surface area contributed by atoms with Gasteiger partial charge in [-0.1, -0.05) is 53.5 Å². The summed E-state index contributed by atoms with van der Waals surface area (Å²) in [5.74, 6) is 0.131. The van der Waals surface area contributed by atoms with E-state index in [2.05, 4.69) is 15.4 Å². The zero-order valence-corrected chi connectivity index (χ0v) is 18.9. The molecule has 32 heavy (non-hydrogen) atoms. The number of amides is 1. The Morgan fingerprint density at radius 3 is 2.41 bits per heavy atom. The van der Waals surface area contributed by atoms with Gasteiger partial charge in [0.15, 0.2) is 5.82 Å². The van der Waals surface area contributed by atoms with Gasteiger partial charge in [0.05, 0.1) is 15.7 Å². The molecular formula is C23H17Cl3N4O2. The second kappa shape index (κ2) is 10.0. The van der Waals surface area contributed by atoms with Crippen molar-refractivity contribution in [3.63, 3.8) is 0 Å². The van der Waals surface area contributed by atoms with Gasteiger partial charge in [0.25, 0.3) is 0 Å². The molecule has 9 heteroatoms. The molecule has 0 fully saturated rings. The van der Waals surface area contributed by atoms with Crippen LogP contribution in [0.5, 0.6) is 6.01 Å². The zero-order chi connectivity index (χ0) is 22.5. The number of benzene rings is 3. The van der Waals surface area contributed by atoms with Gasteiger partial charge in [-0.2, -0.15) is 4.98 Å². The minimum absolute atomic E-state index is 0.117. The average Bonchev–Trinajstić information content (AvgIpc) is 3.25. The first-order valence-electron chi connectivity index (χ1n) is 9.59. The lowest BCUT2D eigenvalue weighted by molar-refractivity contribution is -0.113. The summed E-state index contributed by atoms with van der Waals surface area (Å²) in [5.41, 5.74) is 3.06. The normalized spacial score (nSPS) is 10.7. The number of hydrogen-bond donors (Lipinski definition) is 1. The Hall–Kier alpha value is -3.06. The van der Waals surface area contributed by atoms with Crippen LogP contribution in [-0.4, -0.2) is 26.6 Å². The van der Waals surface area contributed by atoms with Crippen LogP contribution in [-0.2, 0) is 11.4 Å². The molecule has 0 aliphatic heterocycles. The molecule has 0 aliphatic rings. The molecule has 1 aromatic heterocycles. The number of ether oxygens (including phenoxy) is 1. The number of carbonyl (C=O) groups excluding carboxylic acids is 1. The molecule has 0 unspecified atom stereocenters. The number of nitrogens with zero attached hydrogens (tertiary/aromatic N) is 3. The highest BCUT2D eigenvalue weighted by atomic mass is 35.5. The monoisotopic (exact) mass is 486 g/mol. The minimum atomic E-state index is -0.284. The first-order valence-corrected chi connectivity index (χ1v) is 10.9. The number of carbonyl (C=O) groups is 1. The Morgan fingerprint density at radius 2 is 1.72 bits per heavy atom. The molecule has 3 aromatic carbocycles. The lowest BCUT2D eigenvalue weighted by atomic mass is 10.2. The van der Waals surface area contributed by atoms with Crippen LogP contribution >= 0.6 is 34.8 Å². The molecule has 0 radical (unpaired) electrons. The maximum atomic E-state index is 11.5. The molecular weight excluding hydrogens is 471 g/mol. The van der Waals surface area contributed by atoms with Crippen molar-refractivity contribution in [2.75, 3.05) is 11.2 Å². The summed E-state index contributed by atoms with van der Waals surface area (Å²) < 4.78 is 7.47. The Labute approximate surface area is 199 Å². The number of rotatable bonds is 7. The van der Waals surface area contributed by atoms with Crippen molar-refractivity contribution in [3.05, 3.63) is 88.4 Å². The van der Waals surface area contributed by atoms with Crippen LogP contribution in [0.1, 0.15) is 5.56 Å². The second-order valence-corrected chi connectivity index (χ2v) is 7.84. The summed E-state index contributed by atoms with van der Waals surface area (Å²) in [6, 6.07) is 22.3. The van der Waals surface area contributed by atoms with Gasteiger partial charge in [-0.05, 0) is 48.0 Å². The zero-order valence-electron chi connectivity index (χ0n) is 16.6. The van der Waals surface area contributed by atoms with Crippen molar-refractivity contribution < 1.29 is 9.53 Å². The van der Waals surface area contributed by atoms with E-state index in [1.165, 1.54) is 0 Å². The predicted molar refractivity (Wildman–Crippen MR) is 127 cm³/mol. The SMILES string of the molecule is O=C(CCl)Nc1ccc(-n2nc(OCc3ccccc3)nc2-c2ccc(Cl)c(Cl)c2)cc1. The number of aromatic nitrogens is 3. The van der Waals surface area contributed by atoms with Crippen LogP contribution in [0.4, 0.5) is 5.69 Å². The molecule has 4 rings (SSSR count). The Balaban J connectivity index is 1.68. The van der Waals surface area contributed by atoms with Gasteiger partial charge in [-0.25, -0.2) is 4.68 Å². The highest BCUT2D eigenvalue weighted by molar-refractivity contribution is 6.42. The van der Waals surface area contributed by atoms with Gasteiger partial charge in [-0.3, -0.25) is 4.79 Å². The maximum absolute atomic E-state index is 11.5. The Morgan fingerprint density at radius 1 is 0.969 bits per heavy atom. The topological polar surface area (TPSA) is 69.0 Å². The summed E-state index contributed by atoms with van der Waals surface area (Å²) in [4.78, 5) is 16.1. The molecule has 0 bridgehead atoms. The standard InChI is InChI=1S/C23H17Cl3N4O2/c24-13-21(31)27-17-7-9-18(10-8-17)30-22(16-6-11-19(25)20(26)12-16)28-23(29-30)32-14-15-4-2-1-3-5-15/h1-12H,13-14H2,(H,27,31). The predicted octanol–water partition coefficient (Wildman–Crippen LogP) is 6.00. The van der Waals surface area contributed by atoms with Gasteiger partial charge >= 0.3 is 6.01 Å². The van der Waals surface area contributed by atoms with E-state index < -0.39 is 0 Å². The first-order chi connectivity index (χ1) is 15.5. The smallest absolute Gasteiger partial charge is 0.336 e. The van der Waals surface area contributed by atoms with Gasteiger partial charge < -0.3 is 10.1 Å². The van der Waals surface area contributed by atoms with Crippen LogP contribution in [0.2, 0.25) is 10.0 Å². The van der Waals surface area contributed by atoms with E-state index in [1.54, 1.807) is 41.1 Å². The molecule has 6 nitrogen and oxygen atoms in total. The van der Waals surface area contributed by atoms with E-state index in [0.29, 0.717) is 28.2 Å². The number of halogens is 3. The van der Waals surface area contributed by atoms with Crippen molar-refractivity contribution in [2.45, 2.75) is 6.61 Å². The molecule has 1 amide bonds. The third kappa shape index (κ3) is 5.22. The van der Waals surface area contributed by atoms with Gasteiger partial charge in [0.1, 0.15) is 12.5 Å². The molecule has 0 saturated carbocycles. The van der Waals surface area contributed by atoms with Crippen LogP contribution in [0.3, 0.4) is 0 Å². The largest absolute Gasteiger partial charge is 0.457 e. The van der Waals surface area contributed by atoms with E-state index in [0.717, 1.165) is 16.8 Å². The van der Waals surface area contributed by atoms with E-state index in [4.69, 9.17) is 39.5 Å². The summed E-state index contributed by atoms with van der Waals surface area (Å²) in [6.07, 6.45) is 0. The van der Waals surface area contributed by atoms with Gasteiger partial charge in [-0.15, -0.1) is 16.7 Å². The van der Waals surface area contributed by atoms with Gasteiger partial charge in [0.2, 0.25) is 5.91 Å². The number of alkyl halides is 1. The van der Waals surface area contributed by atoms with Crippen molar-refractivity contribution in [1.29, 1.82) is 0 Å². The molecule has 4 aromatic rings. The third-order valence-electron chi connectivity index (χ3n) is 4.49. The number of anilines is 1. The quantitative estimate of drug-likeness (QED) is 0.325. The van der Waals surface area contributed by atoms with Crippen LogP contribution in [0, 0.1) is 0 Å². The van der Waals surface area contributed by atoms with Crippen LogP contribution in [0.15, 0.2) is 72.8 Å². The average molecular weight is 488 g/mol.